The molecule has 0 radical (unpaired) electrons. The Hall–Kier alpha value is -2.82. The van der Waals surface area contributed by atoms with Gasteiger partial charge in [0.05, 0.1) is 18.7 Å². The number of rotatable bonds is 3. The van der Waals surface area contributed by atoms with Crippen molar-refractivity contribution in [3.05, 3.63) is 59.7 Å². The van der Waals surface area contributed by atoms with Crippen LogP contribution in [0, 0.1) is 0 Å². The topological polar surface area (TPSA) is 49.9 Å². The molecule has 1 aliphatic heterocycles. The number of Topliss-reactive ketones (excluding diaryl/α,β-unsaturated/α-hetero) is 1. The standard InChI is InChI=1S/C21H22N2O3/c1-26-20-9-5-4-8-18(20)22-10-12-23(13-11-22)21(25)17-14-19(24)16-7-3-2-6-15(16)17/h2-9,17H,10-14H2,1H3. The van der Waals surface area contributed by atoms with Crippen molar-refractivity contribution in [3.63, 3.8) is 0 Å². The maximum Gasteiger partial charge on any atom is 0.230 e. The lowest BCUT2D eigenvalue weighted by molar-refractivity contribution is -0.133. The third-order valence-electron chi connectivity index (χ3n) is 5.34. The van der Waals surface area contributed by atoms with Crippen LogP contribution in [0.1, 0.15) is 28.3 Å². The molecule has 0 bridgehead atoms. The summed E-state index contributed by atoms with van der Waals surface area (Å²) in [6.07, 6.45) is 0.297. The number of ether oxygens (including phenoxy) is 1. The van der Waals surface area contributed by atoms with Crippen LogP contribution >= 0.6 is 0 Å². The number of amides is 1. The Bertz CT molecular complexity index is 841. The summed E-state index contributed by atoms with van der Waals surface area (Å²) in [6, 6.07) is 15.4. The summed E-state index contributed by atoms with van der Waals surface area (Å²) in [6.45, 7) is 2.83. The van der Waals surface area contributed by atoms with Crippen LogP contribution in [0.5, 0.6) is 5.75 Å². The van der Waals surface area contributed by atoms with E-state index in [1.54, 1.807) is 7.11 Å². The number of ketones is 1. The predicted octanol–water partition coefficient (Wildman–Crippen LogP) is 2.71. The van der Waals surface area contributed by atoms with Gasteiger partial charge in [0.2, 0.25) is 5.91 Å². The fraction of sp³-hybridized carbons (Fsp3) is 0.333. The highest BCUT2D eigenvalue weighted by Gasteiger charge is 2.37. The Morgan fingerprint density at radius 2 is 1.69 bits per heavy atom. The van der Waals surface area contributed by atoms with Crippen LogP contribution in [-0.4, -0.2) is 49.9 Å². The summed E-state index contributed by atoms with van der Waals surface area (Å²) in [7, 11) is 1.67. The van der Waals surface area contributed by atoms with Gasteiger partial charge in [-0.2, -0.15) is 0 Å². The smallest absolute Gasteiger partial charge is 0.230 e. The van der Waals surface area contributed by atoms with Crippen LogP contribution < -0.4 is 9.64 Å². The van der Waals surface area contributed by atoms with E-state index in [0.29, 0.717) is 25.1 Å². The quantitative estimate of drug-likeness (QED) is 0.854. The second-order valence-corrected chi connectivity index (χ2v) is 6.75. The minimum absolute atomic E-state index is 0.0722. The Balaban J connectivity index is 1.46. The molecule has 1 unspecified atom stereocenters. The fourth-order valence-corrected chi connectivity index (χ4v) is 3.96. The van der Waals surface area contributed by atoms with E-state index >= 15 is 0 Å². The molecule has 1 fully saturated rings. The minimum Gasteiger partial charge on any atom is -0.495 e. The number of anilines is 1. The second kappa shape index (κ2) is 6.83. The van der Waals surface area contributed by atoms with Crippen molar-refractivity contribution >= 4 is 17.4 Å². The van der Waals surface area contributed by atoms with Crippen LogP contribution in [0.15, 0.2) is 48.5 Å². The molecule has 1 saturated heterocycles. The van der Waals surface area contributed by atoms with E-state index in [2.05, 4.69) is 4.90 Å². The number of carbonyl (C=O) groups excluding carboxylic acids is 2. The number of methoxy groups -OCH3 is 1. The van der Waals surface area contributed by atoms with Crippen molar-refractivity contribution in [3.8, 4) is 5.75 Å². The third-order valence-corrected chi connectivity index (χ3v) is 5.34. The van der Waals surface area contributed by atoms with E-state index in [1.807, 2.05) is 53.4 Å². The average Bonchev–Trinajstić information content (AvgIpc) is 3.04. The number of nitrogens with zero attached hydrogens (tertiary/aromatic N) is 2. The highest BCUT2D eigenvalue weighted by atomic mass is 16.5. The molecule has 1 amide bonds. The van der Waals surface area contributed by atoms with E-state index in [0.717, 1.165) is 30.1 Å². The molecule has 4 rings (SSSR count). The molecule has 2 aromatic carbocycles. The Labute approximate surface area is 153 Å². The first-order valence-corrected chi connectivity index (χ1v) is 8.98. The SMILES string of the molecule is COc1ccccc1N1CCN(C(=O)C2CC(=O)c3ccccc32)CC1. The molecular weight excluding hydrogens is 328 g/mol. The zero-order valence-corrected chi connectivity index (χ0v) is 14.9. The highest BCUT2D eigenvalue weighted by molar-refractivity contribution is 6.06. The van der Waals surface area contributed by atoms with E-state index in [1.165, 1.54) is 0 Å². The van der Waals surface area contributed by atoms with Gasteiger partial charge < -0.3 is 14.5 Å². The average molecular weight is 350 g/mol. The lowest BCUT2D eigenvalue weighted by Gasteiger charge is -2.37. The summed E-state index contributed by atoms with van der Waals surface area (Å²) in [4.78, 5) is 29.3. The maximum absolute atomic E-state index is 13.0. The molecule has 2 aromatic rings. The number of hydrogen-bond donors (Lipinski definition) is 0. The van der Waals surface area contributed by atoms with E-state index in [4.69, 9.17) is 4.74 Å². The molecule has 1 heterocycles. The minimum atomic E-state index is -0.323. The zero-order valence-electron chi connectivity index (χ0n) is 14.9. The van der Waals surface area contributed by atoms with Gasteiger partial charge in [-0.05, 0) is 17.7 Å². The van der Waals surface area contributed by atoms with Gasteiger partial charge in [-0.15, -0.1) is 0 Å². The molecule has 5 heteroatoms. The van der Waals surface area contributed by atoms with Crippen LogP contribution in [0.3, 0.4) is 0 Å². The number of benzene rings is 2. The van der Waals surface area contributed by atoms with Gasteiger partial charge in [-0.3, -0.25) is 9.59 Å². The van der Waals surface area contributed by atoms with Crippen molar-refractivity contribution in [2.45, 2.75) is 12.3 Å². The Morgan fingerprint density at radius 3 is 2.46 bits per heavy atom. The van der Waals surface area contributed by atoms with Gasteiger partial charge in [0.1, 0.15) is 5.75 Å². The molecule has 5 nitrogen and oxygen atoms in total. The Morgan fingerprint density at radius 1 is 1.00 bits per heavy atom. The van der Waals surface area contributed by atoms with E-state index in [9.17, 15) is 9.59 Å². The van der Waals surface area contributed by atoms with Crippen LogP contribution in [-0.2, 0) is 4.79 Å². The monoisotopic (exact) mass is 350 g/mol. The second-order valence-electron chi connectivity index (χ2n) is 6.75. The van der Waals surface area contributed by atoms with Gasteiger partial charge in [0, 0.05) is 38.2 Å². The first-order valence-electron chi connectivity index (χ1n) is 8.98. The molecule has 134 valence electrons. The largest absolute Gasteiger partial charge is 0.495 e. The van der Waals surface area contributed by atoms with Crippen LogP contribution in [0.25, 0.3) is 0 Å². The summed E-state index contributed by atoms with van der Waals surface area (Å²) in [5.41, 5.74) is 2.65. The van der Waals surface area contributed by atoms with Crippen LogP contribution in [0.2, 0.25) is 0 Å². The molecule has 0 aromatic heterocycles. The van der Waals surface area contributed by atoms with E-state index in [-0.39, 0.29) is 17.6 Å². The lowest BCUT2D eigenvalue weighted by atomic mass is 9.99. The van der Waals surface area contributed by atoms with Gasteiger partial charge in [-0.25, -0.2) is 0 Å². The third kappa shape index (κ3) is 2.83. The van der Waals surface area contributed by atoms with Gasteiger partial charge in [0.15, 0.2) is 5.78 Å². The number of fused-ring (bicyclic) bond motifs is 1. The van der Waals surface area contributed by atoms with Crippen molar-refractivity contribution in [1.82, 2.24) is 4.90 Å². The fourth-order valence-electron chi connectivity index (χ4n) is 3.96. The van der Waals surface area contributed by atoms with E-state index < -0.39 is 0 Å². The molecular formula is C21H22N2O3. The molecule has 1 atom stereocenters. The molecule has 0 N–H and O–H groups in total. The van der Waals surface area contributed by atoms with Crippen LogP contribution in [0.4, 0.5) is 5.69 Å². The highest BCUT2D eigenvalue weighted by Crippen LogP contribution is 2.35. The maximum atomic E-state index is 13.0. The summed E-state index contributed by atoms with van der Waals surface area (Å²) < 4.78 is 5.45. The van der Waals surface area contributed by atoms with Crippen molar-refractivity contribution in [2.24, 2.45) is 0 Å². The summed E-state index contributed by atoms with van der Waals surface area (Å²) in [5, 5.41) is 0. The number of carbonyl (C=O) groups is 2. The normalized spacial score (nSPS) is 19.4. The number of piperazine rings is 1. The molecule has 1 aliphatic carbocycles. The van der Waals surface area contributed by atoms with Crippen molar-refractivity contribution < 1.29 is 14.3 Å². The zero-order chi connectivity index (χ0) is 18.1. The first-order chi connectivity index (χ1) is 12.7. The Kier molecular flexibility index (Phi) is 4.37. The van der Waals surface area contributed by atoms with Gasteiger partial charge >= 0.3 is 0 Å². The molecule has 2 aliphatic rings. The molecule has 0 saturated carbocycles. The van der Waals surface area contributed by atoms with Crippen molar-refractivity contribution in [1.29, 1.82) is 0 Å². The molecule has 26 heavy (non-hydrogen) atoms. The van der Waals surface area contributed by atoms with Gasteiger partial charge in [-0.1, -0.05) is 36.4 Å². The van der Waals surface area contributed by atoms with Gasteiger partial charge in [0.25, 0.3) is 0 Å². The first kappa shape index (κ1) is 16.6. The summed E-state index contributed by atoms with van der Waals surface area (Å²) >= 11 is 0. The number of hydrogen-bond acceptors (Lipinski definition) is 4. The summed E-state index contributed by atoms with van der Waals surface area (Å²) in [5.74, 6) is 0.675. The van der Waals surface area contributed by atoms with Crippen molar-refractivity contribution in [2.75, 3.05) is 38.2 Å². The lowest BCUT2D eigenvalue weighted by Crippen LogP contribution is -2.50. The number of para-hydroxylation sites is 2. The predicted molar refractivity (Wildman–Crippen MR) is 99.9 cm³/mol. The molecule has 0 spiro atoms.